The Morgan fingerprint density at radius 2 is 2.05 bits per heavy atom. The maximum absolute atomic E-state index is 8.86. The van der Waals surface area contributed by atoms with Gasteiger partial charge in [-0.2, -0.15) is 5.26 Å². The summed E-state index contributed by atoms with van der Waals surface area (Å²) in [4.78, 5) is 2.35. The molecular formula is C17H16N2O. The molecule has 1 heterocycles. The first-order valence-corrected chi connectivity index (χ1v) is 6.82. The number of hydrogen-bond donors (Lipinski definition) is 0. The maximum atomic E-state index is 8.86. The summed E-state index contributed by atoms with van der Waals surface area (Å²) in [5, 5.41) is 8.86. The quantitative estimate of drug-likeness (QED) is 0.851. The van der Waals surface area contributed by atoms with E-state index in [2.05, 4.69) is 35.2 Å². The van der Waals surface area contributed by atoms with Crippen molar-refractivity contribution in [2.45, 2.75) is 6.42 Å². The average Bonchev–Trinajstić information content (AvgIpc) is 2.91. The van der Waals surface area contributed by atoms with Gasteiger partial charge in [-0.05, 0) is 36.2 Å². The molecule has 0 saturated carbocycles. The van der Waals surface area contributed by atoms with Crippen LogP contribution in [0.3, 0.4) is 0 Å². The molecule has 0 aromatic heterocycles. The van der Waals surface area contributed by atoms with Gasteiger partial charge in [0.15, 0.2) is 0 Å². The Morgan fingerprint density at radius 3 is 2.95 bits per heavy atom. The van der Waals surface area contributed by atoms with Gasteiger partial charge in [0.1, 0.15) is 12.4 Å². The van der Waals surface area contributed by atoms with Gasteiger partial charge in [-0.3, -0.25) is 0 Å². The second-order valence-electron chi connectivity index (χ2n) is 4.85. The van der Waals surface area contributed by atoms with Crippen LogP contribution in [0.15, 0.2) is 48.5 Å². The monoisotopic (exact) mass is 264 g/mol. The van der Waals surface area contributed by atoms with Gasteiger partial charge in [0, 0.05) is 12.2 Å². The summed E-state index contributed by atoms with van der Waals surface area (Å²) in [6, 6.07) is 17.9. The topological polar surface area (TPSA) is 36.3 Å². The van der Waals surface area contributed by atoms with Crippen molar-refractivity contribution in [3.63, 3.8) is 0 Å². The smallest absolute Gasteiger partial charge is 0.120 e. The molecule has 2 aromatic carbocycles. The number of ether oxygens (including phenoxy) is 1. The summed E-state index contributed by atoms with van der Waals surface area (Å²) in [7, 11) is 0. The van der Waals surface area contributed by atoms with Gasteiger partial charge in [0.25, 0.3) is 0 Å². The lowest BCUT2D eigenvalue weighted by Crippen LogP contribution is -2.26. The highest BCUT2D eigenvalue weighted by molar-refractivity contribution is 5.57. The van der Waals surface area contributed by atoms with Crippen molar-refractivity contribution in [2.24, 2.45) is 0 Å². The van der Waals surface area contributed by atoms with Crippen LogP contribution in [0.1, 0.15) is 11.1 Å². The number of fused-ring (bicyclic) bond motifs is 1. The van der Waals surface area contributed by atoms with E-state index in [0.717, 1.165) is 25.3 Å². The van der Waals surface area contributed by atoms with Crippen LogP contribution in [0.4, 0.5) is 5.69 Å². The van der Waals surface area contributed by atoms with Crippen molar-refractivity contribution in [3.8, 4) is 11.8 Å². The molecule has 3 nitrogen and oxygen atoms in total. The highest BCUT2D eigenvalue weighted by Crippen LogP contribution is 2.26. The predicted molar refractivity (Wildman–Crippen MR) is 79.0 cm³/mol. The Bertz CT molecular complexity index is 645. The molecule has 0 N–H and O–H groups in total. The molecule has 20 heavy (non-hydrogen) atoms. The van der Waals surface area contributed by atoms with Crippen molar-refractivity contribution >= 4 is 5.69 Å². The summed E-state index contributed by atoms with van der Waals surface area (Å²) in [6.07, 6.45) is 1.11. The van der Waals surface area contributed by atoms with E-state index in [0.29, 0.717) is 12.2 Å². The van der Waals surface area contributed by atoms with Gasteiger partial charge >= 0.3 is 0 Å². The number of benzene rings is 2. The molecule has 1 aliphatic heterocycles. The van der Waals surface area contributed by atoms with Gasteiger partial charge in [-0.25, -0.2) is 0 Å². The fourth-order valence-electron chi connectivity index (χ4n) is 2.57. The molecule has 0 bridgehead atoms. The third-order valence-electron chi connectivity index (χ3n) is 3.58. The summed E-state index contributed by atoms with van der Waals surface area (Å²) in [5.41, 5.74) is 3.37. The first-order valence-electron chi connectivity index (χ1n) is 6.82. The van der Waals surface area contributed by atoms with Gasteiger partial charge < -0.3 is 9.64 Å². The first kappa shape index (κ1) is 12.6. The molecule has 1 aliphatic rings. The Hall–Kier alpha value is -2.47. The third kappa shape index (κ3) is 2.60. The van der Waals surface area contributed by atoms with E-state index in [4.69, 9.17) is 10.00 Å². The number of para-hydroxylation sites is 1. The number of nitrogens with zero attached hydrogens (tertiary/aromatic N) is 2. The SMILES string of the molecule is N#Cc1cccc(OCCN2CCc3ccccc32)c1. The van der Waals surface area contributed by atoms with Gasteiger partial charge in [0.2, 0.25) is 0 Å². The number of hydrogen-bond acceptors (Lipinski definition) is 3. The second kappa shape index (κ2) is 5.66. The van der Waals surface area contributed by atoms with Crippen LogP contribution >= 0.6 is 0 Å². The van der Waals surface area contributed by atoms with E-state index in [1.807, 2.05) is 12.1 Å². The van der Waals surface area contributed by atoms with Gasteiger partial charge in [-0.1, -0.05) is 24.3 Å². The van der Waals surface area contributed by atoms with Gasteiger partial charge in [0.05, 0.1) is 18.2 Å². The lowest BCUT2D eigenvalue weighted by Gasteiger charge is -2.19. The standard InChI is InChI=1S/C17H16N2O/c18-13-14-4-3-6-16(12-14)20-11-10-19-9-8-15-5-1-2-7-17(15)19/h1-7,12H,8-11H2. The number of rotatable bonds is 4. The third-order valence-corrected chi connectivity index (χ3v) is 3.58. The summed E-state index contributed by atoms with van der Waals surface area (Å²) < 4.78 is 5.73. The van der Waals surface area contributed by atoms with Crippen molar-refractivity contribution in [1.29, 1.82) is 5.26 Å². The second-order valence-corrected chi connectivity index (χ2v) is 4.85. The fraction of sp³-hybridized carbons (Fsp3) is 0.235. The summed E-state index contributed by atoms with van der Waals surface area (Å²) in [6.45, 7) is 2.55. The van der Waals surface area contributed by atoms with Crippen molar-refractivity contribution < 1.29 is 4.74 Å². The minimum atomic E-state index is 0.628. The molecule has 0 unspecified atom stereocenters. The molecule has 3 heteroatoms. The van der Waals surface area contributed by atoms with Crippen molar-refractivity contribution in [3.05, 3.63) is 59.7 Å². The van der Waals surface area contributed by atoms with E-state index in [1.165, 1.54) is 11.3 Å². The fourth-order valence-corrected chi connectivity index (χ4v) is 2.57. The molecule has 2 aromatic rings. The Morgan fingerprint density at radius 1 is 1.15 bits per heavy atom. The van der Waals surface area contributed by atoms with Crippen LogP contribution in [0.2, 0.25) is 0 Å². The molecule has 0 spiro atoms. The minimum Gasteiger partial charge on any atom is -0.492 e. The zero-order valence-corrected chi connectivity index (χ0v) is 11.2. The van der Waals surface area contributed by atoms with Crippen LogP contribution in [-0.2, 0) is 6.42 Å². The van der Waals surface area contributed by atoms with Crippen LogP contribution in [-0.4, -0.2) is 19.7 Å². The van der Waals surface area contributed by atoms with Crippen molar-refractivity contribution in [2.75, 3.05) is 24.6 Å². The first-order chi connectivity index (χ1) is 9.86. The Balaban J connectivity index is 1.57. The number of nitriles is 1. The Kier molecular flexibility index (Phi) is 3.56. The zero-order valence-electron chi connectivity index (χ0n) is 11.2. The van der Waals surface area contributed by atoms with E-state index in [1.54, 1.807) is 12.1 Å². The van der Waals surface area contributed by atoms with Crippen LogP contribution < -0.4 is 9.64 Å². The normalized spacial score (nSPS) is 12.8. The van der Waals surface area contributed by atoms with E-state index >= 15 is 0 Å². The summed E-state index contributed by atoms with van der Waals surface area (Å²) in [5.74, 6) is 0.761. The van der Waals surface area contributed by atoms with Crippen LogP contribution in [0.5, 0.6) is 5.75 Å². The van der Waals surface area contributed by atoms with Crippen LogP contribution in [0, 0.1) is 11.3 Å². The molecule has 0 atom stereocenters. The number of anilines is 1. The predicted octanol–water partition coefficient (Wildman–Crippen LogP) is 3.00. The maximum Gasteiger partial charge on any atom is 0.120 e. The molecule has 3 rings (SSSR count). The molecule has 0 fully saturated rings. The van der Waals surface area contributed by atoms with Gasteiger partial charge in [-0.15, -0.1) is 0 Å². The highest BCUT2D eigenvalue weighted by Gasteiger charge is 2.17. The average molecular weight is 264 g/mol. The molecule has 0 amide bonds. The zero-order chi connectivity index (χ0) is 13.8. The molecule has 100 valence electrons. The van der Waals surface area contributed by atoms with Crippen molar-refractivity contribution in [1.82, 2.24) is 0 Å². The largest absolute Gasteiger partial charge is 0.492 e. The molecule has 0 saturated heterocycles. The van der Waals surface area contributed by atoms with E-state index < -0.39 is 0 Å². The molecule has 0 aliphatic carbocycles. The van der Waals surface area contributed by atoms with E-state index in [-0.39, 0.29) is 0 Å². The molecule has 0 radical (unpaired) electrons. The molecular weight excluding hydrogens is 248 g/mol. The minimum absolute atomic E-state index is 0.628. The lowest BCUT2D eigenvalue weighted by atomic mass is 10.2. The lowest BCUT2D eigenvalue weighted by molar-refractivity contribution is 0.324. The highest BCUT2D eigenvalue weighted by atomic mass is 16.5. The van der Waals surface area contributed by atoms with E-state index in [9.17, 15) is 0 Å². The Labute approximate surface area is 119 Å². The van der Waals surface area contributed by atoms with Crippen LogP contribution in [0.25, 0.3) is 0 Å². The summed E-state index contributed by atoms with van der Waals surface area (Å²) >= 11 is 0.